The summed E-state index contributed by atoms with van der Waals surface area (Å²) in [5.74, 6) is 0.514. The van der Waals surface area contributed by atoms with Crippen molar-refractivity contribution in [2.75, 3.05) is 13.7 Å². The maximum Gasteiger partial charge on any atom is 0.227 e. The predicted octanol–water partition coefficient (Wildman–Crippen LogP) is 4.43. The van der Waals surface area contributed by atoms with Crippen molar-refractivity contribution in [3.8, 4) is 5.75 Å². The lowest BCUT2D eigenvalue weighted by molar-refractivity contribution is -0.122. The molecule has 0 saturated carbocycles. The van der Waals surface area contributed by atoms with Crippen LogP contribution in [0.4, 0.5) is 0 Å². The van der Waals surface area contributed by atoms with Crippen LogP contribution in [-0.2, 0) is 17.6 Å². The van der Waals surface area contributed by atoms with Crippen molar-refractivity contribution in [2.24, 2.45) is 0 Å². The summed E-state index contributed by atoms with van der Waals surface area (Å²) in [5.41, 5.74) is 3.08. The van der Waals surface area contributed by atoms with Gasteiger partial charge in [-0.25, -0.2) is 0 Å². The molecule has 1 aromatic heterocycles. The molecule has 0 spiro atoms. The van der Waals surface area contributed by atoms with Crippen molar-refractivity contribution in [1.82, 2.24) is 10.3 Å². The Balaban J connectivity index is 1.68. The van der Waals surface area contributed by atoms with Crippen molar-refractivity contribution in [3.05, 3.63) is 94.8 Å². The number of carbonyl (C=O) groups is 1. The van der Waals surface area contributed by atoms with E-state index in [0.717, 1.165) is 28.9 Å². The fourth-order valence-corrected chi connectivity index (χ4v) is 3.22. The first-order valence-corrected chi connectivity index (χ1v) is 9.58. The summed E-state index contributed by atoms with van der Waals surface area (Å²) in [6, 6.07) is 19.2. The third-order valence-electron chi connectivity index (χ3n) is 4.60. The van der Waals surface area contributed by atoms with Crippen LogP contribution in [0.3, 0.4) is 0 Å². The average Bonchev–Trinajstić information content (AvgIpc) is 2.73. The van der Waals surface area contributed by atoms with Gasteiger partial charge in [-0.1, -0.05) is 41.9 Å². The highest BCUT2D eigenvalue weighted by molar-refractivity contribution is 6.30. The number of nitrogens with zero attached hydrogens (tertiary/aromatic N) is 1. The van der Waals surface area contributed by atoms with Crippen molar-refractivity contribution >= 4 is 17.5 Å². The minimum absolute atomic E-state index is 0.00549. The Morgan fingerprint density at radius 3 is 2.61 bits per heavy atom. The molecule has 3 aromatic rings. The van der Waals surface area contributed by atoms with Gasteiger partial charge >= 0.3 is 0 Å². The molecule has 0 fully saturated rings. The number of pyridine rings is 1. The predicted molar refractivity (Wildman–Crippen MR) is 112 cm³/mol. The first-order valence-electron chi connectivity index (χ1n) is 9.20. The smallest absolute Gasteiger partial charge is 0.227 e. The zero-order chi connectivity index (χ0) is 19.8. The van der Waals surface area contributed by atoms with E-state index < -0.39 is 0 Å². The van der Waals surface area contributed by atoms with Crippen LogP contribution in [0.15, 0.2) is 73.1 Å². The number of amides is 1. The Labute approximate surface area is 170 Å². The molecule has 3 rings (SSSR count). The first-order chi connectivity index (χ1) is 13.7. The fraction of sp³-hybridized carbons (Fsp3) is 0.217. The van der Waals surface area contributed by atoms with Crippen LogP contribution < -0.4 is 10.1 Å². The molecule has 1 atom stereocenters. The van der Waals surface area contributed by atoms with E-state index in [1.165, 1.54) is 0 Å². The van der Waals surface area contributed by atoms with Crippen LogP contribution in [0.25, 0.3) is 0 Å². The van der Waals surface area contributed by atoms with Crippen molar-refractivity contribution in [3.63, 3.8) is 0 Å². The quantitative estimate of drug-likeness (QED) is 0.615. The summed E-state index contributed by atoms with van der Waals surface area (Å²) in [7, 11) is 1.65. The molecule has 0 aliphatic carbocycles. The lowest BCUT2D eigenvalue weighted by atomic mass is 9.91. The SMILES string of the molecule is COc1cccc(CCNC(=O)C(Cc2cccnc2)c2ccc(Cl)cc2)c1. The number of methoxy groups -OCH3 is 1. The van der Waals surface area contributed by atoms with Crippen LogP contribution in [0.2, 0.25) is 5.02 Å². The summed E-state index contributed by atoms with van der Waals surface area (Å²) in [6.07, 6.45) is 4.85. The molecule has 0 aliphatic heterocycles. The van der Waals surface area contributed by atoms with Crippen LogP contribution >= 0.6 is 11.6 Å². The van der Waals surface area contributed by atoms with Crippen LogP contribution in [0.5, 0.6) is 5.75 Å². The van der Waals surface area contributed by atoms with Crippen molar-refractivity contribution < 1.29 is 9.53 Å². The average molecular weight is 395 g/mol. The van der Waals surface area contributed by atoms with Gasteiger partial charge < -0.3 is 10.1 Å². The van der Waals surface area contributed by atoms with Crippen LogP contribution in [0.1, 0.15) is 22.6 Å². The maximum atomic E-state index is 13.0. The summed E-state index contributed by atoms with van der Waals surface area (Å²) >= 11 is 6.01. The standard InChI is InChI=1S/C23H23ClN2O2/c1-28-21-6-2-4-17(14-21)11-13-26-23(27)22(15-18-5-3-12-25-16-18)19-7-9-20(24)10-8-19/h2-10,12,14,16,22H,11,13,15H2,1H3,(H,26,27). The monoisotopic (exact) mass is 394 g/mol. The molecule has 2 aromatic carbocycles. The number of ether oxygens (including phenoxy) is 1. The third-order valence-corrected chi connectivity index (χ3v) is 4.85. The van der Waals surface area contributed by atoms with E-state index in [1.54, 1.807) is 19.5 Å². The Morgan fingerprint density at radius 1 is 1.11 bits per heavy atom. The number of rotatable bonds is 8. The van der Waals surface area contributed by atoms with Gasteiger partial charge in [0.1, 0.15) is 5.75 Å². The number of hydrogen-bond donors (Lipinski definition) is 1. The zero-order valence-electron chi connectivity index (χ0n) is 15.8. The molecule has 0 saturated heterocycles. The van der Waals surface area contributed by atoms with Gasteiger partial charge in [-0.05, 0) is 59.9 Å². The Bertz CT molecular complexity index is 898. The van der Waals surface area contributed by atoms with Gasteiger partial charge in [0.25, 0.3) is 0 Å². The summed E-state index contributed by atoms with van der Waals surface area (Å²) < 4.78 is 5.25. The maximum absolute atomic E-state index is 13.0. The molecule has 4 nitrogen and oxygen atoms in total. The number of hydrogen-bond acceptors (Lipinski definition) is 3. The number of benzene rings is 2. The van der Waals surface area contributed by atoms with E-state index in [9.17, 15) is 4.79 Å². The Hall–Kier alpha value is -2.85. The lowest BCUT2D eigenvalue weighted by Gasteiger charge is -2.18. The highest BCUT2D eigenvalue weighted by Gasteiger charge is 2.21. The Kier molecular flexibility index (Phi) is 7.04. The topological polar surface area (TPSA) is 51.2 Å². The van der Waals surface area contributed by atoms with E-state index in [2.05, 4.69) is 10.3 Å². The molecular formula is C23H23ClN2O2. The van der Waals surface area contributed by atoms with Gasteiger partial charge in [-0.2, -0.15) is 0 Å². The molecule has 144 valence electrons. The van der Waals surface area contributed by atoms with Gasteiger partial charge in [0.15, 0.2) is 0 Å². The van der Waals surface area contributed by atoms with Crippen LogP contribution in [0, 0.1) is 0 Å². The zero-order valence-corrected chi connectivity index (χ0v) is 16.5. The molecule has 28 heavy (non-hydrogen) atoms. The summed E-state index contributed by atoms with van der Waals surface area (Å²) in [5, 5.41) is 3.72. The fourth-order valence-electron chi connectivity index (χ4n) is 3.09. The molecule has 0 radical (unpaired) electrons. The van der Waals surface area contributed by atoms with E-state index in [0.29, 0.717) is 18.0 Å². The first kappa shape index (κ1) is 19.9. The van der Waals surface area contributed by atoms with Crippen molar-refractivity contribution in [1.29, 1.82) is 0 Å². The van der Waals surface area contributed by atoms with Gasteiger partial charge in [0, 0.05) is 24.0 Å². The number of aromatic nitrogens is 1. The number of halogens is 1. The molecule has 0 bridgehead atoms. The molecular weight excluding hydrogens is 372 g/mol. The summed E-state index contributed by atoms with van der Waals surface area (Å²) in [4.78, 5) is 17.1. The second-order valence-corrected chi connectivity index (χ2v) is 7.00. The molecule has 1 unspecified atom stereocenters. The second-order valence-electron chi connectivity index (χ2n) is 6.56. The minimum Gasteiger partial charge on any atom is -0.497 e. The second kappa shape index (κ2) is 9.90. The van der Waals surface area contributed by atoms with E-state index in [-0.39, 0.29) is 11.8 Å². The number of carbonyl (C=O) groups excluding carboxylic acids is 1. The third kappa shape index (κ3) is 5.57. The highest BCUT2D eigenvalue weighted by atomic mass is 35.5. The largest absolute Gasteiger partial charge is 0.497 e. The van der Waals surface area contributed by atoms with Gasteiger partial charge in [0.05, 0.1) is 13.0 Å². The summed E-state index contributed by atoms with van der Waals surface area (Å²) in [6.45, 7) is 0.559. The lowest BCUT2D eigenvalue weighted by Crippen LogP contribution is -2.32. The van der Waals surface area contributed by atoms with E-state index in [4.69, 9.17) is 16.3 Å². The normalized spacial score (nSPS) is 11.6. The van der Waals surface area contributed by atoms with Crippen molar-refractivity contribution in [2.45, 2.75) is 18.8 Å². The van der Waals surface area contributed by atoms with Crippen LogP contribution in [-0.4, -0.2) is 24.5 Å². The van der Waals surface area contributed by atoms with Gasteiger partial charge in [0.2, 0.25) is 5.91 Å². The molecule has 5 heteroatoms. The molecule has 1 amide bonds. The van der Waals surface area contributed by atoms with Gasteiger partial charge in [-0.15, -0.1) is 0 Å². The number of nitrogens with one attached hydrogen (secondary N) is 1. The molecule has 1 heterocycles. The molecule has 0 aliphatic rings. The Morgan fingerprint density at radius 2 is 1.89 bits per heavy atom. The van der Waals surface area contributed by atoms with E-state index >= 15 is 0 Å². The van der Waals surface area contributed by atoms with E-state index in [1.807, 2.05) is 60.7 Å². The highest BCUT2D eigenvalue weighted by Crippen LogP contribution is 2.23. The minimum atomic E-state index is -0.299. The van der Waals surface area contributed by atoms with Gasteiger partial charge in [-0.3, -0.25) is 9.78 Å². The molecule has 1 N–H and O–H groups in total.